The number of benzene rings is 1. The van der Waals surface area contributed by atoms with Crippen LogP contribution >= 0.6 is 23.2 Å². The molecule has 0 bridgehead atoms. The predicted octanol–water partition coefficient (Wildman–Crippen LogP) is 5.37. The van der Waals surface area contributed by atoms with Crippen molar-refractivity contribution < 1.29 is 17.7 Å². The second-order valence-electron chi connectivity index (χ2n) is 6.62. The molecule has 11 heteroatoms. The van der Waals surface area contributed by atoms with Crippen molar-refractivity contribution in [1.29, 1.82) is 0 Å². The molecule has 152 valence electrons. The van der Waals surface area contributed by atoms with Crippen LogP contribution in [0.4, 0.5) is 18.9 Å². The third-order valence-corrected chi connectivity index (χ3v) is 5.32. The van der Waals surface area contributed by atoms with Crippen molar-refractivity contribution in [2.24, 2.45) is 0 Å². The van der Waals surface area contributed by atoms with E-state index in [0.29, 0.717) is 23.0 Å². The standard InChI is InChI=1S/C18H14Cl2F3N5O/c1-9(11-7-10(19)4-5-12(11)20)28-6-2-3-13-15(28)8-14(26-25-13)16-24-17(29-27-16)18(21,22)23/h4-5,7-9H,2-3,6H2,1H3/t9-/m1/s1. The van der Waals surface area contributed by atoms with Crippen LogP contribution in [-0.2, 0) is 12.6 Å². The first-order valence-corrected chi connectivity index (χ1v) is 9.49. The molecule has 6 nitrogen and oxygen atoms in total. The van der Waals surface area contributed by atoms with Gasteiger partial charge in [0.2, 0.25) is 5.82 Å². The van der Waals surface area contributed by atoms with Crippen molar-refractivity contribution >= 4 is 28.9 Å². The van der Waals surface area contributed by atoms with E-state index in [4.69, 9.17) is 23.2 Å². The molecular formula is C18H14Cl2F3N5O. The third-order valence-electron chi connectivity index (χ3n) is 4.74. The minimum absolute atomic E-state index is 0.0966. The fourth-order valence-corrected chi connectivity index (χ4v) is 3.78. The smallest absolute Gasteiger partial charge is 0.363 e. The van der Waals surface area contributed by atoms with Crippen LogP contribution in [0.1, 0.15) is 36.5 Å². The maximum absolute atomic E-state index is 12.8. The van der Waals surface area contributed by atoms with E-state index in [2.05, 4.69) is 29.8 Å². The number of aryl methyl sites for hydroxylation is 1. The Morgan fingerprint density at radius 1 is 1.17 bits per heavy atom. The summed E-state index contributed by atoms with van der Waals surface area (Å²) in [5, 5.41) is 12.7. The van der Waals surface area contributed by atoms with Crippen LogP contribution < -0.4 is 4.90 Å². The summed E-state index contributed by atoms with van der Waals surface area (Å²) >= 11 is 12.5. The Morgan fingerprint density at radius 3 is 2.69 bits per heavy atom. The molecule has 0 unspecified atom stereocenters. The Kier molecular flexibility index (Phi) is 5.12. The lowest BCUT2D eigenvalue weighted by atomic mass is 10.0. The number of halogens is 5. The summed E-state index contributed by atoms with van der Waals surface area (Å²) < 4.78 is 42.6. The number of hydrogen-bond donors (Lipinski definition) is 0. The van der Waals surface area contributed by atoms with Crippen molar-refractivity contribution in [3.05, 3.63) is 51.5 Å². The van der Waals surface area contributed by atoms with E-state index in [1.807, 2.05) is 6.92 Å². The van der Waals surface area contributed by atoms with Crippen LogP contribution in [0.15, 0.2) is 28.8 Å². The molecular weight excluding hydrogens is 430 g/mol. The van der Waals surface area contributed by atoms with Crippen LogP contribution in [0.25, 0.3) is 11.5 Å². The van der Waals surface area contributed by atoms with Crippen molar-refractivity contribution in [3.63, 3.8) is 0 Å². The van der Waals surface area contributed by atoms with Gasteiger partial charge in [-0.2, -0.15) is 23.3 Å². The van der Waals surface area contributed by atoms with Gasteiger partial charge in [-0.1, -0.05) is 28.4 Å². The van der Waals surface area contributed by atoms with Crippen LogP contribution in [-0.4, -0.2) is 26.9 Å². The van der Waals surface area contributed by atoms with E-state index >= 15 is 0 Å². The summed E-state index contributed by atoms with van der Waals surface area (Å²) in [7, 11) is 0. The summed E-state index contributed by atoms with van der Waals surface area (Å²) in [6.45, 7) is 2.69. The predicted molar refractivity (Wildman–Crippen MR) is 101 cm³/mol. The van der Waals surface area contributed by atoms with Gasteiger partial charge in [0, 0.05) is 16.6 Å². The Balaban J connectivity index is 1.72. The van der Waals surface area contributed by atoms with Gasteiger partial charge in [0.05, 0.1) is 17.4 Å². The first-order valence-electron chi connectivity index (χ1n) is 8.73. The highest BCUT2D eigenvalue weighted by atomic mass is 35.5. The van der Waals surface area contributed by atoms with Gasteiger partial charge in [0.15, 0.2) is 0 Å². The van der Waals surface area contributed by atoms with Gasteiger partial charge in [-0.15, -0.1) is 5.10 Å². The molecule has 1 aliphatic rings. The topological polar surface area (TPSA) is 67.9 Å². The van der Waals surface area contributed by atoms with Gasteiger partial charge >= 0.3 is 12.1 Å². The molecule has 0 N–H and O–H groups in total. The van der Waals surface area contributed by atoms with E-state index in [1.165, 1.54) is 0 Å². The SMILES string of the molecule is C[C@H](c1cc(Cl)ccc1Cl)N1CCCc2nnc(-c3noc(C(F)(F)F)n3)cc21. The van der Waals surface area contributed by atoms with Gasteiger partial charge < -0.3 is 9.42 Å². The van der Waals surface area contributed by atoms with Crippen LogP contribution in [0.3, 0.4) is 0 Å². The highest BCUT2D eigenvalue weighted by molar-refractivity contribution is 6.33. The molecule has 1 atom stereocenters. The lowest BCUT2D eigenvalue weighted by Crippen LogP contribution is -2.33. The largest absolute Gasteiger partial charge is 0.471 e. The number of aromatic nitrogens is 4. The molecule has 0 amide bonds. The lowest BCUT2D eigenvalue weighted by Gasteiger charge is -2.36. The minimum Gasteiger partial charge on any atom is -0.363 e. The summed E-state index contributed by atoms with van der Waals surface area (Å²) in [6.07, 6.45) is -3.17. The molecule has 0 fully saturated rings. The zero-order valence-electron chi connectivity index (χ0n) is 15.0. The van der Waals surface area contributed by atoms with E-state index in [9.17, 15) is 13.2 Å². The zero-order chi connectivity index (χ0) is 20.8. The molecule has 29 heavy (non-hydrogen) atoms. The summed E-state index contributed by atoms with van der Waals surface area (Å²) in [4.78, 5) is 5.46. The van der Waals surface area contributed by atoms with E-state index in [0.717, 1.165) is 23.4 Å². The second-order valence-corrected chi connectivity index (χ2v) is 7.46. The van der Waals surface area contributed by atoms with Gasteiger partial charge in [0.1, 0.15) is 5.69 Å². The fraction of sp³-hybridized carbons (Fsp3) is 0.333. The first kappa shape index (κ1) is 19.9. The van der Waals surface area contributed by atoms with Crippen LogP contribution in [0.5, 0.6) is 0 Å². The normalized spacial score (nSPS) is 15.3. The van der Waals surface area contributed by atoms with Gasteiger partial charge in [-0.05, 0) is 49.6 Å². The maximum Gasteiger partial charge on any atom is 0.471 e. The molecule has 0 saturated carbocycles. The highest BCUT2D eigenvalue weighted by Crippen LogP contribution is 2.37. The molecule has 2 aromatic heterocycles. The summed E-state index contributed by atoms with van der Waals surface area (Å²) in [6, 6.07) is 6.72. The number of alkyl halides is 3. The average molecular weight is 444 g/mol. The second kappa shape index (κ2) is 7.46. The monoisotopic (exact) mass is 443 g/mol. The Labute approximate surface area is 173 Å². The molecule has 1 aromatic carbocycles. The lowest BCUT2D eigenvalue weighted by molar-refractivity contribution is -0.159. The summed E-state index contributed by atoms with van der Waals surface area (Å²) in [5.41, 5.74) is 2.41. The van der Waals surface area contributed by atoms with Gasteiger partial charge in [0.25, 0.3) is 0 Å². The Morgan fingerprint density at radius 2 is 1.97 bits per heavy atom. The van der Waals surface area contributed by atoms with Crippen molar-refractivity contribution in [2.45, 2.75) is 32.0 Å². The summed E-state index contributed by atoms with van der Waals surface area (Å²) in [5.74, 6) is -1.70. The Bertz CT molecular complexity index is 1060. The molecule has 3 aromatic rings. The molecule has 0 aliphatic carbocycles. The zero-order valence-corrected chi connectivity index (χ0v) is 16.6. The first-order chi connectivity index (χ1) is 13.7. The quantitative estimate of drug-likeness (QED) is 0.542. The molecule has 0 spiro atoms. The maximum atomic E-state index is 12.8. The van der Waals surface area contributed by atoms with Gasteiger partial charge in [-0.25, -0.2) is 0 Å². The number of anilines is 1. The van der Waals surface area contributed by atoms with Crippen molar-refractivity contribution in [3.8, 4) is 11.5 Å². The van der Waals surface area contributed by atoms with Crippen LogP contribution in [0, 0.1) is 0 Å². The van der Waals surface area contributed by atoms with E-state index in [1.54, 1.807) is 24.3 Å². The molecule has 3 heterocycles. The third kappa shape index (κ3) is 3.89. The average Bonchev–Trinajstić information content (AvgIpc) is 3.19. The fourth-order valence-electron chi connectivity index (χ4n) is 3.33. The van der Waals surface area contributed by atoms with Crippen molar-refractivity contribution in [1.82, 2.24) is 20.3 Å². The number of nitrogens with zero attached hydrogens (tertiary/aromatic N) is 5. The Hall–Kier alpha value is -2.39. The van der Waals surface area contributed by atoms with E-state index in [-0.39, 0.29) is 17.6 Å². The molecule has 0 saturated heterocycles. The molecule has 0 radical (unpaired) electrons. The highest BCUT2D eigenvalue weighted by Gasteiger charge is 2.39. The minimum atomic E-state index is -4.73. The molecule has 4 rings (SSSR count). The number of hydrogen-bond acceptors (Lipinski definition) is 6. The van der Waals surface area contributed by atoms with Gasteiger partial charge in [-0.3, -0.25) is 0 Å². The molecule has 1 aliphatic heterocycles. The number of rotatable bonds is 3. The number of fused-ring (bicyclic) bond motifs is 1. The van der Waals surface area contributed by atoms with Crippen molar-refractivity contribution in [2.75, 3.05) is 11.4 Å². The van der Waals surface area contributed by atoms with Crippen LogP contribution in [0.2, 0.25) is 10.0 Å². The van der Waals surface area contributed by atoms with E-state index < -0.39 is 12.1 Å².